The zero-order valence-electron chi connectivity index (χ0n) is 17.7. The monoisotopic (exact) mass is 441 g/mol. The van der Waals surface area contributed by atoms with Crippen molar-refractivity contribution in [2.75, 3.05) is 31.2 Å². The fraction of sp³-hybridized carbons (Fsp3) is 0.160. The Hall–Kier alpha value is -4.04. The molecule has 1 saturated heterocycles. The number of anilines is 1. The van der Waals surface area contributed by atoms with Crippen molar-refractivity contribution in [1.29, 1.82) is 0 Å². The normalized spacial score (nSPS) is 14.3. The third-order valence-electron chi connectivity index (χ3n) is 5.95. The van der Waals surface area contributed by atoms with E-state index in [1.807, 2.05) is 28.8 Å². The van der Waals surface area contributed by atoms with Crippen LogP contribution in [-0.4, -0.2) is 45.7 Å². The molecule has 1 aliphatic rings. The number of nitrogens with zero attached hydrogens (tertiary/aromatic N) is 4. The molecule has 3 aromatic heterocycles. The minimum atomic E-state index is -0.297. The molecule has 1 aliphatic heterocycles. The van der Waals surface area contributed by atoms with Crippen molar-refractivity contribution >= 4 is 22.4 Å². The van der Waals surface area contributed by atoms with E-state index in [1.165, 1.54) is 18.2 Å². The molecule has 2 aromatic carbocycles. The van der Waals surface area contributed by atoms with Gasteiger partial charge in [-0.15, -0.1) is 0 Å². The first-order valence-electron chi connectivity index (χ1n) is 10.8. The first-order chi connectivity index (χ1) is 16.2. The number of pyridine rings is 1. The molecular weight excluding hydrogens is 421 g/mol. The van der Waals surface area contributed by atoms with Crippen molar-refractivity contribution in [3.8, 4) is 22.5 Å². The molecule has 0 bridgehead atoms. The van der Waals surface area contributed by atoms with Crippen LogP contribution < -0.4 is 10.5 Å². The molecule has 0 atom stereocenters. The van der Waals surface area contributed by atoms with Crippen LogP contribution in [0.15, 0.2) is 71.8 Å². The van der Waals surface area contributed by atoms with Crippen LogP contribution in [0.3, 0.4) is 0 Å². The molecule has 0 aliphatic carbocycles. The lowest BCUT2D eigenvalue weighted by molar-refractivity contribution is 0.122. The van der Waals surface area contributed by atoms with Gasteiger partial charge in [-0.25, -0.2) is 14.4 Å². The molecular formula is C25H20FN5O2. The Kier molecular flexibility index (Phi) is 4.66. The summed E-state index contributed by atoms with van der Waals surface area (Å²) in [4.78, 5) is 26.4. The second-order valence-electron chi connectivity index (χ2n) is 7.98. The third kappa shape index (κ3) is 3.44. The van der Waals surface area contributed by atoms with Gasteiger partial charge in [0.1, 0.15) is 5.82 Å². The number of ether oxygens (including phenoxy) is 1. The van der Waals surface area contributed by atoms with Crippen LogP contribution >= 0.6 is 0 Å². The largest absolute Gasteiger partial charge is 0.378 e. The molecule has 6 rings (SSSR count). The van der Waals surface area contributed by atoms with E-state index in [4.69, 9.17) is 9.72 Å². The highest BCUT2D eigenvalue weighted by Gasteiger charge is 2.22. The van der Waals surface area contributed by atoms with E-state index in [-0.39, 0.29) is 11.4 Å². The van der Waals surface area contributed by atoms with E-state index in [0.29, 0.717) is 13.2 Å². The number of halogens is 1. The van der Waals surface area contributed by atoms with Gasteiger partial charge in [-0.1, -0.05) is 6.07 Å². The SMILES string of the molecule is O=c1ccc2cc(-c3c(-c4ccc(F)cc4)nc4c(N5CCOCC5)nccn34)ccc2[nH]1. The molecule has 5 aromatic rings. The summed E-state index contributed by atoms with van der Waals surface area (Å²) in [6, 6.07) is 15.6. The van der Waals surface area contributed by atoms with E-state index in [0.717, 1.165) is 58.0 Å². The van der Waals surface area contributed by atoms with Crippen LogP contribution in [0.25, 0.3) is 39.1 Å². The first kappa shape index (κ1) is 19.6. The van der Waals surface area contributed by atoms with Gasteiger partial charge in [-0.2, -0.15) is 0 Å². The highest BCUT2D eigenvalue weighted by molar-refractivity contribution is 5.90. The summed E-state index contributed by atoms with van der Waals surface area (Å²) in [6.45, 7) is 2.77. The van der Waals surface area contributed by atoms with Crippen LogP contribution in [0, 0.1) is 5.82 Å². The van der Waals surface area contributed by atoms with E-state index in [2.05, 4.69) is 14.9 Å². The molecule has 4 heterocycles. The van der Waals surface area contributed by atoms with Crippen LogP contribution in [0.5, 0.6) is 0 Å². The maximum atomic E-state index is 13.7. The van der Waals surface area contributed by atoms with Gasteiger partial charge in [0, 0.05) is 48.2 Å². The molecule has 0 amide bonds. The predicted octanol–water partition coefficient (Wildman–Crippen LogP) is 3.88. The van der Waals surface area contributed by atoms with Crippen LogP contribution in [0.4, 0.5) is 10.2 Å². The zero-order valence-corrected chi connectivity index (χ0v) is 17.7. The predicted molar refractivity (Wildman–Crippen MR) is 125 cm³/mol. The number of benzene rings is 2. The number of rotatable bonds is 3. The van der Waals surface area contributed by atoms with E-state index in [1.54, 1.807) is 24.4 Å². The Labute approximate surface area is 188 Å². The van der Waals surface area contributed by atoms with Gasteiger partial charge in [0.2, 0.25) is 5.56 Å². The summed E-state index contributed by atoms with van der Waals surface area (Å²) < 4.78 is 21.2. The van der Waals surface area contributed by atoms with Crippen molar-refractivity contribution in [1.82, 2.24) is 19.4 Å². The minimum absolute atomic E-state index is 0.140. The minimum Gasteiger partial charge on any atom is -0.378 e. The van der Waals surface area contributed by atoms with Crippen LogP contribution in [0.1, 0.15) is 0 Å². The quantitative estimate of drug-likeness (QED) is 0.460. The fourth-order valence-electron chi connectivity index (χ4n) is 4.35. The van der Waals surface area contributed by atoms with Gasteiger partial charge in [0.05, 0.1) is 24.6 Å². The highest BCUT2D eigenvalue weighted by Crippen LogP contribution is 2.36. The summed E-state index contributed by atoms with van der Waals surface area (Å²) in [5.41, 5.74) is 4.71. The number of H-pyrrole nitrogens is 1. The number of hydrogen-bond donors (Lipinski definition) is 1. The number of nitrogens with one attached hydrogen (secondary N) is 1. The molecule has 8 heteroatoms. The average molecular weight is 441 g/mol. The van der Waals surface area contributed by atoms with Crippen LogP contribution in [-0.2, 0) is 4.74 Å². The number of aromatic nitrogens is 4. The van der Waals surface area contributed by atoms with Gasteiger partial charge >= 0.3 is 0 Å². The third-order valence-corrected chi connectivity index (χ3v) is 5.95. The summed E-state index contributed by atoms with van der Waals surface area (Å²) in [6.07, 6.45) is 3.67. The molecule has 0 spiro atoms. The maximum Gasteiger partial charge on any atom is 0.248 e. The second-order valence-corrected chi connectivity index (χ2v) is 7.98. The highest BCUT2D eigenvalue weighted by atomic mass is 19.1. The smallest absolute Gasteiger partial charge is 0.248 e. The Morgan fingerprint density at radius 2 is 1.76 bits per heavy atom. The second kappa shape index (κ2) is 7.83. The Morgan fingerprint density at radius 3 is 2.58 bits per heavy atom. The maximum absolute atomic E-state index is 13.7. The van der Waals surface area contributed by atoms with E-state index < -0.39 is 0 Å². The van der Waals surface area contributed by atoms with Crippen LogP contribution in [0.2, 0.25) is 0 Å². The Bertz CT molecular complexity index is 1530. The topological polar surface area (TPSA) is 75.5 Å². The lowest BCUT2D eigenvalue weighted by Gasteiger charge is -2.27. The molecule has 164 valence electrons. The summed E-state index contributed by atoms with van der Waals surface area (Å²) >= 11 is 0. The fourth-order valence-corrected chi connectivity index (χ4v) is 4.35. The Balaban J connectivity index is 1.62. The van der Waals surface area contributed by atoms with Gasteiger partial charge < -0.3 is 14.6 Å². The molecule has 1 N–H and O–H groups in total. The van der Waals surface area contributed by atoms with E-state index >= 15 is 0 Å². The summed E-state index contributed by atoms with van der Waals surface area (Å²) in [5.74, 6) is 0.495. The van der Waals surface area contributed by atoms with Gasteiger partial charge in [-0.3, -0.25) is 9.20 Å². The lowest BCUT2D eigenvalue weighted by atomic mass is 10.0. The Morgan fingerprint density at radius 1 is 0.970 bits per heavy atom. The first-order valence-corrected chi connectivity index (χ1v) is 10.8. The molecule has 0 radical (unpaired) electrons. The average Bonchev–Trinajstić information content (AvgIpc) is 3.24. The van der Waals surface area contributed by atoms with Crippen molar-refractivity contribution in [3.05, 3.63) is 83.2 Å². The molecule has 0 saturated carbocycles. The van der Waals surface area contributed by atoms with E-state index in [9.17, 15) is 9.18 Å². The number of imidazole rings is 1. The number of fused-ring (bicyclic) bond motifs is 2. The number of aromatic amines is 1. The zero-order chi connectivity index (χ0) is 22.4. The van der Waals surface area contributed by atoms with Crippen molar-refractivity contribution in [2.45, 2.75) is 0 Å². The number of morpholine rings is 1. The summed E-state index contributed by atoms with van der Waals surface area (Å²) in [7, 11) is 0. The molecule has 7 nitrogen and oxygen atoms in total. The van der Waals surface area contributed by atoms with Gasteiger partial charge in [0.25, 0.3) is 0 Å². The lowest BCUT2D eigenvalue weighted by Crippen LogP contribution is -2.37. The molecule has 1 fully saturated rings. The molecule has 0 unspecified atom stereocenters. The number of hydrogen-bond acceptors (Lipinski definition) is 5. The standard InChI is InChI=1S/C25H20FN5O2/c26-19-5-1-16(2-6-19)22-23(18-3-7-20-17(15-18)4-8-21(32)28-20)31-10-9-27-24(25(31)29-22)30-11-13-33-14-12-30/h1-10,15H,11-14H2,(H,28,32). The van der Waals surface area contributed by atoms with Gasteiger partial charge in [-0.05, 0) is 47.9 Å². The van der Waals surface area contributed by atoms with Crippen molar-refractivity contribution in [3.63, 3.8) is 0 Å². The van der Waals surface area contributed by atoms with Crippen molar-refractivity contribution in [2.24, 2.45) is 0 Å². The molecule has 33 heavy (non-hydrogen) atoms. The van der Waals surface area contributed by atoms with Gasteiger partial charge in [0.15, 0.2) is 11.5 Å². The van der Waals surface area contributed by atoms with Crippen molar-refractivity contribution < 1.29 is 9.13 Å². The summed E-state index contributed by atoms with van der Waals surface area (Å²) in [5, 5.41) is 0.912.